The van der Waals surface area contributed by atoms with Gasteiger partial charge in [0.25, 0.3) is 10.9 Å². The van der Waals surface area contributed by atoms with Crippen LogP contribution in [0.5, 0.6) is 5.75 Å². The Morgan fingerprint density at radius 3 is 2.55 bits per heavy atom. The number of hydrogen-bond donors (Lipinski definition) is 0. The molecule has 4 aromatic rings. The van der Waals surface area contributed by atoms with Crippen molar-refractivity contribution in [3.05, 3.63) is 70.5 Å². The monoisotopic (exact) mass is 410 g/mol. The van der Waals surface area contributed by atoms with Crippen LogP contribution in [0.2, 0.25) is 0 Å². The molecule has 0 amide bonds. The summed E-state index contributed by atoms with van der Waals surface area (Å²) in [6.45, 7) is 0. The average molecular weight is 410 g/mol. The Morgan fingerprint density at radius 2 is 1.86 bits per heavy atom. The molecule has 0 aliphatic heterocycles. The second-order valence-electron chi connectivity index (χ2n) is 5.82. The first-order valence-corrected chi connectivity index (χ1v) is 9.38. The summed E-state index contributed by atoms with van der Waals surface area (Å²) in [5.41, 5.74) is 2.21. The number of nitrogens with zero attached hydrogens (tertiary/aromatic N) is 6. The fraction of sp³-hybridized carbons (Fsp3) is 0.111. The van der Waals surface area contributed by atoms with E-state index in [0.29, 0.717) is 28.2 Å². The van der Waals surface area contributed by atoms with Gasteiger partial charge in [0.1, 0.15) is 5.75 Å². The molecule has 0 saturated heterocycles. The highest BCUT2D eigenvalue weighted by molar-refractivity contribution is 7.98. The maximum Gasteiger partial charge on any atom is 0.277 e. The quantitative estimate of drug-likeness (QED) is 0.256. The van der Waals surface area contributed by atoms with Crippen LogP contribution in [-0.2, 0) is 5.75 Å². The van der Waals surface area contributed by atoms with Crippen LogP contribution in [0.1, 0.15) is 5.69 Å². The Balaban J connectivity index is 1.40. The minimum Gasteiger partial charge on any atom is -0.497 e. The molecule has 0 fully saturated rings. The normalized spacial score (nSPS) is 10.8. The van der Waals surface area contributed by atoms with Crippen molar-refractivity contribution >= 4 is 17.4 Å². The summed E-state index contributed by atoms with van der Waals surface area (Å²) in [5, 5.41) is 27.4. The first kappa shape index (κ1) is 18.6. The zero-order valence-corrected chi connectivity index (χ0v) is 15.9. The Morgan fingerprint density at radius 1 is 1.10 bits per heavy atom. The molecule has 11 heteroatoms. The molecule has 2 aromatic carbocycles. The summed E-state index contributed by atoms with van der Waals surface area (Å²) in [4.78, 5) is 10.3. The van der Waals surface area contributed by atoms with Gasteiger partial charge in [-0.05, 0) is 36.4 Å². The number of ether oxygens (including phenoxy) is 1. The summed E-state index contributed by atoms with van der Waals surface area (Å²) in [6.07, 6.45) is 1.74. The van der Waals surface area contributed by atoms with E-state index in [1.807, 2.05) is 24.3 Å². The molecule has 0 N–H and O–H groups in total. The van der Waals surface area contributed by atoms with E-state index in [2.05, 4.69) is 20.5 Å². The summed E-state index contributed by atoms with van der Waals surface area (Å²) in [5.74, 6) is 1.65. The highest BCUT2D eigenvalue weighted by Crippen LogP contribution is 2.26. The summed E-state index contributed by atoms with van der Waals surface area (Å²) < 4.78 is 12.4. The molecule has 0 bridgehead atoms. The molecule has 10 nitrogen and oxygen atoms in total. The molecule has 0 radical (unpaired) electrons. The summed E-state index contributed by atoms with van der Waals surface area (Å²) >= 11 is 1.34. The van der Waals surface area contributed by atoms with Gasteiger partial charge in [-0.25, -0.2) is 4.68 Å². The third-order valence-electron chi connectivity index (χ3n) is 3.95. The predicted octanol–water partition coefficient (Wildman–Crippen LogP) is 3.53. The molecule has 0 unspecified atom stereocenters. The van der Waals surface area contributed by atoms with E-state index in [1.54, 1.807) is 30.1 Å². The first-order chi connectivity index (χ1) is 14.1. The second-order valence-corrected chi connectivity index (χ2v) is 6.74. The van der Waals surface area contributed by atoms with E-state index in [-0.39, 0.29) is 5.69 Å². The van der Waals surface area contributed by atoms with Crippen molar-refractivity contribution < 1.29 is 14.1 Å². The van der Waals surface area contributed by atoms with Gasteiger partial charge in [0.05, 0.1) is 29.6 Å². The van der Waals surface area contributed by atoms with Crippen molar-refractivity contribution in [3.63, 3.8) is 0 Å². The van der Waals surface area contributed by atoms with Crippen LogP contribution in [0.15, 0.2) is 64.4 Å². The molecule has 0 aliphatic carbocycles. The molecular formula is C18H14N6O4S. The number of nitro benzene ring substituents is 1. The van der Waals surface area contributed by atoms with Crippen LogP contribution in [0, 0.1) is 10.1 Å². The van der Waals surface area contributed by atoms with E-state index >= 15 is 0 Å². The van der Waals surface area contributed by atoms with Gasteiger partial charge in [0.15, 0.2) is 0 Å². The number of methoxy groups -OCH3 is 1. The number of benzene rings is 2. The smallest absolute Gasteiger partial charge is 0.277 e. The van der Waals surface area contributed by atoms with Gasteiger partial charge in [-0.1, -0.05) is 17.0 Å². The molecule has 0 spiro atoms. The molecule has 0 aliphatic rings. The molecule has 29 heavy (non-hydrogen) atoms. The van der Waals surface area contributed by atoms with Gasteiger partial charge >= 0.3 is 0 Å². The van der Waals surface area contributed by atoms with E-state index < -0.39 is 4.92 Å². The summed E-state index contributed by atoms with van der Waals surface area (Å²) in [7, 11) is 1.61. The SMILES string of the molecule is COc1ccc(-c2nnc(SCc3cn(-c4ccc([N+](=O)[O-])cc4)nn3)o2)cc1. The lowest BCUT2D eigenvalue weighted by atomic mass is 10.2. The number of hydrogen-bond acceptors (Lipinski definition) is 9. The van der Waals surface area contributed by atoms with Gasteiger partial charge in [-0.3, -0.25) is 10.1 Å². The van der Waals surface area contributed by atoms with Crippen LogP contribution in [-0.4, -0.2) is 37.2 Å². The Labute approximate surface area is 168 Å². The third kappa shape index (κ3) is 4.24. The van der Waals surface area contributed by atoms with E-state index in [9.17, 15) is 10.1 Å². The fourth-order valence-corrected chi connectivity index (χ4v) is 3.11. The van der Waals surface area contributed by atoms with Gasteiger partial charge < -0.3 is 9.15 Å². The van der Waals surface area contributed by atoms with Crippen molar-refractivity contribution in [3.8, 4) is 22.9 Å². The zero-order valence-electron chi connectivity index (χ0n) is 15.1. The van der Waals surface area contributed by atoms with Gasteiger partial charge in [0.2, 0.25) is 5.89 Å². The largest absolute Gasteiger partial charge is 0.497 e. The number of non-ortho nitro benzene ring substituents is 1. The molecule has 4 rings (SSSR count). The highest BCUT2D eigenvalue weighted by Gasteiger charge is 2.12. The molecule has 0 atom stereocenters. The predicted molar refractivity (Wildman–Crippen MR) is 104 cm³/mol. The summed E-state index contributed by atoms with van der Waals surface area (Å²) in [6, 6.07) is 13.4. The lowest BCUT2D eigenvalue weighted by Crippen LogP contribution is -1.95. The van der Waals surface area contributed by atoms with Gasteiger partial charge in [-0.15, -0.1) is 15.3 Å². The number of thioether (sulfide) groups is 1. The molecule has 0 saturated carbocycles. The Bertz CT molecular complexity index is 1120. The number of aromatic nitrogens is 5. The van der Waals surface area contributed by atoms with Crippen molar-refractivity contribution in [1.82, 2.24) is 25.2 Å². The Kier molecular flexibility index (Phi) is 5.20. The minimum absolute atomic E-state index is 0.0219. The number of nitro groups is 1. The molecule has 146 valence electrons. The van der Waals surface area contributed by atoms with Crippen LogP contribution < -0.4 is 4.74 Å². The van der Waals surface area contributed by atoms with E-state index in [0.717, 1.165) is 11.3 Å². The first-order valence-electron chi connectivity index (χ1n) is 8.39. The fourth-order valence-electron chi connectivity index (χ4n) is 2.47. The van der Waals surface area contributed by atoms with Crippen molar-refractivity contribution in [2.45, 2.75) is 11.0 Å². The standard InChI is InChI=1S/C18H14N6O4S/c1-27-16-8-2-12(3-9-16)17-20-21-18(28-17)29-11-13-10-23(22-19-13)14-4-6-15(7-5-14)24(25)26/h2-10H,11H2,1H3. The van der Waals surface area contributed by atoms with E-state index in [4.69, 9.17) is 9.15 Å². The molecule has 2 aromatic heterocycles. The van der Waals surface area contributed by atoms with Crippen LogP contribution in [0.25, 0.3) is 17.1 Å². The maximum absolute atomic E-state index is 10.7. The topological polar surface area (TPSA) is 122 Å². The van der Waals surface area contributed by atoms with Crippen LogP contribution >= 0.6 is 11.8 Å². The zero-order chi connectivity index (χ0) is 20.2. The molecule has 2 heterocycles. The van der Waals surface area contributed by atoms with Crippen molar-refractivity contribution in [2.24, 2.45) is 0 Å². The second kappa shape index (κ2) is 8.10. The minimum atomic E-state index is -0.447. The molecular weight excluding hydrogens is 396 g/mol. The van der Waals surface area contributed by atoms with Crippen molar-refractivity contribution in [2.75, 3.05) is 7.11 Å². The van der Waals surface area contributed by atoms with Crippen molar-refractivity contribution in [1.29, 1.82) is 0 Å². The van der Waals surface area contributed by atoms with Crippen LogP contribution in [0.4, 0.5) is 5.69 Å². The van der Waals surface area contributed by atoms with Gasteiger partial charge in [0, 0.05) is 23.4 Å². The number of rotatable bonds is 7. The lowest BCUT2D eigenvalue weighted by Gasteiger charge is -1.99. The van der Waals surface area contributed by atoms with Crippen LogP contribution in [0.3, 0.4) is 0 Å². The lowest BCUT2D eigenvalue weighted by molar-refractivity contribution is -0.384. The van der Waals surface area contributed by atoms with E-state index in [1.165, 1.54) is 23.9 Å². The average Bonchev–Trinajstić information content (AvgIpc) is 3.42. The maximum atomic E-state index is 10.7. The third-order valence-corrected chi connectivity index (χ3v) is 4.80. The van der Waals surface area contributed by atoms with Gasteiger partial charge in [-0.2, -0.15) is 0 Å². The Hall–Kier alpha value is -3.73. The highest BCUT2D eigenvalue weighted by atomic mass is 32.2.